The van der Waals surface area contributed by atoms with Gasteiger partial charge in [0, 0.05) is 6.07 Å². The number of halogens is 2. The average molecular weight is 379 g/mol. The van der Waals surface area contributed by atoms with Crippen LogP contribution in [0.5, 0.6) is 5.75 Å². The second kappa shape index (κ2) is 10.4. The molecular weight excluding hydrogens is 342 g/mol. The highest BCUT2D eigenvalue weighted by Gasteiger charge is 2.31. The lowest BCUT2D eigenvalue weighted by Gasteiger charge is -2.38. The van der Waals surface area contributed by atoms with Crippen LogP contribution in [0.15, 0.2) is 18.2 Å². The van der Waals surface area contributed by atoms with Crippen molar-refractivity contribution in [2.24, 2.45) is 23.7 Å². The molecule has 1 aromatic rings. The summed E-state index contributed by atoms with van der Waals surface area (Å²) in [5.41, 5.74) is 0. The van der Waals surface area contributed by atoms with Crippen LogP contribution in [0.2, 0.25) is 0 Å². The van der Waals surface area contributed by atoms with E-state index in [4.69, 9.17) is 4.74 Å². The lowest BCUT2D eigenvalue weighted by Crippen LogP contribution is -2.27. The fourth-order valence-electron chi connectivity index (χ4n) is 5.26. The highest BCUT2D eigenvalue weighted by atomic mass is 19.1. The molecule has 2 saturated carbocycles. The van der Waals surface area contributed by atoms with Gasteiger partial charge >= 0.3 is 0 Å². The molecule has 0 heterocycles. The summed E-state index contributed by atoms with van der Waals surface area (Å²) in [5, 5.41) is 0. The Labute approximate surface area is 163 Å². The van der Waals surface area contributed by atoms with Gasteiger partial charge in [0.05, 0.1) is 6.61 Å². The van der Waals surface area contributed by atoms with E-state index >= 15 is 0 Å². The molecule has 0 spiro atoms. The van der Waals surface area contributed by atoms with Crippen molar-refractivity contribution in [1.29, 1.82) is 0 Å². The van der Waals surface area contributed by atoms with Gasteiger partial charge in [-0.3, -0.25) is 0 Å². The third-order valence-corrected chi connectivity index (χ3v) is 7.03. The number of ether oxygens (including phenoxy) is 1. The number of hydrogen-bond acceptors (Lipinski definition) is 1. The van der Waals surface area contributed by atoms with Crippen LogP contribution in [-0.2, 0) is 0 Å². The zero-order valence-corrected chi connectivity index (χ0v) is 16.9. The topological polar surface area (TPSA) is 9.23 Å². The Morgan fingerprint density at radius 3 is 2.07 bits per heavy atom. The van der Waals surface area contributed by atoms with Gasteiger partial charge < -0.3 is 4.74 Å². The molecule has 0 bridgehead atoms. The fraction of sp³-hybridized carbons (Fsp3) is 0.750. The van der Waals surface area contributed by atoms with Crippen LogP contribution in [0.1, 0.15) is 84.0 Å². The number of hydrogen-bond donors (Lipinski definition) is 0. The molecule has 27 heavy (non-hydrogen) atoms. The molecule has 0 saturated heterocycles. The summed E-state index contributed by atoms with van der Waals surface area (Å²) in [6, 6.07) is 3.55. The van der Waals surface area contributed by atoms with Crippen molar-refractivity contribution in [2.45, 2.75) is 84.0 Å². The standard InChI is InChI=1S/C24H36F2O/c1-2-3-4-5-18-6-10-20(11-7-18)21-12-8-19(9-13-21)17-27-24-15-14-22(25)16-23(24)26/h14-16,18-21H,2-13,17H2,1H3/t18-,19?,20-,21?. The van der Waals surface area contributed by atoms with E-state index in [0.717, 1.165) is 23.8 Å². The summed E-state index contributed by atoms with van der Waals surface area (Å²) in [5.74, 6) is 2.35. The van der Waals surface area contributed by atoms with Gasteiger partial charge in [0.2, 0.25) is 0 Å². The zero-order chi connectivity index (χ0) is 19.1. The van der Waals surface area contributed by atoms with Crippen LogP contribution >= 0.6 is 0 Å². The maximum atomic E-state index is 13.7. The average Bonchev–Trinajstić information content (AvgIpc) is 2.69. The van der Waals surface area contributed by atoms with Crippen LogP contribution < -0.4 is 4.74 Å². The smallest absolute Gasteiger partial charge is 0.167 e. The second-order valence-electron chi connectivity index (χ2n) is 8.94. The summed E-state index contributed by atoms with van der Waals surface area (Å²) in [7, 11) is 0. The maximum Gasteiger partial charge on any atom is 0.167 e. The largest absolute Gasteiger partial charge is 0.490 e. The molecule has 1 aromatic carbocycles. The molecule has 2 aliphatic carbocycles. The minimum atomic E-state index is -0.598. The van der Waals surface area contributed by atoms with Gasteiger partial charge in [0.15, 0.2) is 11.6 Å². The van der Waals surface area contributed by atoms with Crippen LogP contribution in [0.4, 0.5) is 8.78 Å². The number of rotatable bonds is 8. The molecule has 2 aliphatic rings. The predicted octanol–water partition coefficient (Wildman–Crippen LogP) is 7.54. The van der Waals surface area contributed by atoms with Gasteiger partial charge in [-0.05, 0) is 74.3 Å². The summed E-state index contributed by atoms with van der Waals surface area (Å²) >= 11 is 0. The van der Waals surface area contributed by atoms with Crippen molar-refractivity contribution < 1.29 is 13.5 Å². The molecule has 0 aromatic heterocycles. The molecule has 0 aliphatic heterocycles. The minimum absolute atomic E-state index is 0.180. The van der Waals surface area contributed by atoms with Crippen LogP contribution in [-0.4, -0.2) is 6.61 Å². The molecule has 0 N–H and O–H groups in total. The molecule has 1 nitrogen and oxygen atoms in total. The van der Waals surface area contributed by atoms with E-state index in [2.05, 4.69) is 6.92 Å². The summed E-state index contributed by atoms with van der Waals surface area (Å²) < 4.78 is 32.3. The molecule has 3 rings (SSSR count). The summed E-state index contributed by atoms with van der Waals surface area (Å²) in [4.78, 5) is 0. The van der Waals surface area contributed by atoms with Gasteiger partial charge in [-0.25, -0.2) is 8.78 Å². The van der Waals surface area contributed by atoms with Crippen molar-refractivity contribution in [1.82, 2.24) is 0 Å². The first-order chi connectivity index (χ1) is 13.2. The van der Waals surface area contributed by atoms with E-state index < -0.39 is 11.6 Å². The van der Waals surface area contributed by atoms with Crippen molar-refractivity contribution in [3.8, 4) is 5.75 Å². The van der Waals surface area contributed by atoms with E-state index in [1.165, 1.54) is 89.2 Å². The summed E-state index contributed by atoms with van der Waals surface area (Å²) in [6.07, 6.45) is 16.3. The first-order valence-corrected chi connectivity index (χ1v) is 11.2. The quantitative estimate of drug-likeness (QED) is 0.425. The molecule has 0 atom stereocenters. The van der Waals surface area contributed by atoms with Gasteiger partial charge in [0.1, 0.15) is 5.82 Å². The molecule has 2 fully saturated rings. The van der Waals surface area contributed by atoms with E-state index in [9.17, 15) is 8.78 Å². The normalized spacial score (nSPS) is 28.9. The molecule has 0 amide bonds. The maximum absolute atomic E-state index is 13.7. The Hall–Kier alpha value is -1.12. The van der Waals surface area contributed by atoms with Gasteiger partial charge in [-0.2, -0.15) is 0 Å². The second-order valence-corrected chi connectivity index (χ2v) is 8.94. The van der Waals surface area contributed by atoms with Crippen molar-refractivity contribution in [3.63, 3.8) is 0 Å². The van der Waals surface area contributed by atoms with Crippen LogP contribution in [0.25, 0.3) is 0 Å². The van der Waals surface area contributed by atoms with E-state index in [0.29, 0.717) is 12.5 Å². The highest BCUT2D eigenvalue weighted by molar-refractivity contribution is 5.24. The minimum Gasteiger partial charge on any atom is -0.490 e. The monoisotopic (exact) mass is 378 g/mol. The number of unbranched alkanes of at least 4 members (excludes halogenated alkanes) is 2. The first kappa shape index (κ1) is 20.6. The van der Waals surface area contributed by atoms with Gasteiger partial charge in [0.25, 0.3) is 0 Å². The molecule has 0 radical (unpaired) electrons. The highest BCUT2D eigenvalue weighted by Crippen LogP contribution is 2.42. The Bertz CT molecular complexity index is 557. The van der Waals surface area contributed by atoms with Crippen molar-refractivity contribution >= 4 is 0 Å². The lowest BCUT2D eigenvalue weighted by atomic mass is 9.69. The van der Waals surface area contributed by atoms with Crippen LogP contribution in [0.3, 0.4) is 0 Å². The Kier molecular flexibility index (Phi) is 7.96. The molecular formula is C24H36F2O. The fourth-order valence-corrected chi connectivity index (χ4v) is 5.26. The molecule has 152 valence electrons. The molecule has 0 unspecified atom stereocenters. The SMILES string of the molecule is CCCCC[C@H]1CC[C@H](C2CCC(COc3ccc(F)cc3F)CC2)CC1. The van der Waals surface area contributed by atoms with Crippen molar-refractivity contribution in [2.75, 3.05) is 6.61 Å². The van der Waals surface area contributed by atoms with Crippen molar-refractivity contribution in [3.05, 3.63) is 29.8 Å². The van der Waals surface area contributed by atoms with E-state index in [-0.39, 0.29) is 5.75 Å². The summed E-state index contributed by atoms with van der Waals surface area (Å²) in [6.45, 7) is 2.84. The Balaban J connectivity index is 1.34. The van der Waals surface area contributed by atoms with Gasteiger partial charge in [-0.1, -0.05) is 45.4 Å². The Morgan fingerprint density at radius 2 is 1.48 bits per heavy atom. The zero-order valence-electron chi connectivity index (χ0n) is 16.9. The van der Waals surface area contributed by atoms with Gasteiger partial charge in [-0.15, -0.1) is 0 Å². The number of benzene rings is 1. The third kappa shape index (κ3) is 6.19. The molecule has 3 heteroatoms. The first-order valence-electron chi connectivity index (χ1n) is 11.2. The third-order valence-electron chi connectivity index (χ3n) is 7.03. The predicted molar refractivity (Wildman–Crippen MR) is 107 cm³/mol. The van der Waals surface area contributed by atoms with E-state index in [1.54, 1.807) is 0 Å². The lowest BCUT2D eigenvalue weighted by molar-refractivity contribution is 0.120. The Morgan fingerprint density at radius 1 is 0.852 bits per heavy atom. The van der Waals surface area contributed by atoms with Crippen LogP contribution in [0, 0.1) is 35.3 Å². The van der Waals surface area contributed by atoms with E-state index in [1.807, 2.05) is 0 Å².